The van der Waals surface area contributed by atoms with E-state index in [1.54, 1.807) is 29.2 Å². The second-order valence-electron chi connectivity index (χ2n) is 7.90. The van der Waals surface area contributed by atoms with Gasteiger partial charge in [0.25, 0.3) is 0 Å². The third-order valence-electron chi connectivity index (χ3n) is 5.46. The Balaban J connectivity index is 1.57. The van der Waals surface area contributed by atoms with Crippen LogP contribution in [-0.2, 0) is 22.6 Å². The summed E-state index contributed by atoms with van der Waals surface area (Å²) in [7, 11) is -3.15. The Morgan fingerprint density at radius 2 is 1.71 bits per heavy atom. The molecule has 0 radical (unpaired) electrons. The molecule has 2 aromatic carbocycles. The molecule has 8 nitrogen and oxygen atoms in total. The second-order valence-corrected chi connectivity index (χ2v) is 10.2. The molecule has 180 valence electrons. The van der Waals surface area contributed by atoms with Crippen LogP contribution in [0.25, 0.3) is 11.5 Å². The fourth-order valence-corrected chi connectivity index (χ4v) is 4.79. The van der Waals surface area contributed by atoms with Crippen LogP contribution in [0.2, 0.25) is 0 Å². The molecule has 1 aliphatic rings. The van der Waals surface area contributed by atoms with Gasteiger partial charge in [-0.2, -0.15) is 13.2 Å². The van der Waals surface area contributed by atoms with Gasteiger partial charge in [-0.3, -0.25) is 4.90 Å². The fraction of sp³-hybridized carbons (Fsp3) is 0.318. The van der Waals surface area contributed by atoms with Crippen LogP contribution in [-0.4, -0.2) is 54.1 Å². The topological polar surface area (TPSA) is 96.6 Å². The summed E-state index contributed by atoms with van der Waals surface area (Å²) in [4.78, 5) is 16.4. The minimum absolute atomic E-state index is 0.0842. The second kappa shape index (κ2) is 9.09. The fourth-order valence-electron chi connectivity index (χ4n) is 3.59. The van der Waals surface area contributed by atoms with Gasteiger partial charge >= 0.3 is 18.1 Å². The first-order valence-corrected chi connectivity index (χ1v) is 12.2. The normalized spacial score (nSPS) is 15.8. The van der Waals surface area contributed by atoms with E-state index in [0.717, 1.165) is 5.56 Å². The lowest BCUT2D eigenvalue weighted by atomic mass is 10.1. The summed E-state index contributed by atoms with van der Waals surface area (Å²) in [6.07, 6.45) is -4.73. The van der Waals surface area contributed by atoms with Gasteiger partial charge in [0.1, 0.15) is 0 Å². The SMILES string of the molecule is Cc1ccccc1N(Cc1ccc(-c2nnc(C(F)(F)F)o2)cc1)C(=O)N1CCS(=O)(=O)CC1. The number of amides is 2. The maximum absolute atomic E-state index is 13.4. The molecule has 0 saturated carbocycles. The Morgan fingerprint density at radius 3 is 2.29 bits per heavy atom. The molecule has 4 rings (SSSR count). The molecule has 0 unspecified atom stereocenters. The van der Waals surface area contributed by atoms with Crippen LogP contribution in [0.1, 0.15) is 17.0 Å². The van der Waals surface area contributed by atoms with Gasteiger partial charge in [0, 0.05) is 24.3 Å². The van der Waals surface area contributed by atoms with E-state index in [1.165, 1.54) is 17.0 Å². The van der Waals surface area contributed by atoms with E-state index in [1.807, 2.05) is 19.1 Å². The van der Waals surface area contributed by atoms with E-state index in [4.69, 9.17) is 4.42 Å². The summed E-state index contributed by atoms with van der Waals surface area (Å²) in [5.41, 5.74) is 2.56. The first-order chi connectivity index (χ1) is 16.0. The molecular weight excluding hydrogens is 473 g/mol. The molecule has 0 atom stereocenters. The highest BCUT2D eigenvalue weighted by Crippen LogP contribution is 2.31. The molecule has 2 amide bonds. The molecule has 2 heterocycles. The van der Waals surface area contributed by atoms with E-state index in [2.05, 4.69) is 10.2 Å². The Morgan fingerprint density at radius 1 is 1.06 bits per heavy atom. The number of sulfone groups is 1. The Hall–Kier alpha value is -3.41. The van der Waals surface area contributed by atoms with E-state index >= 15 is 0 Å². The quantitative estimate of drug-likeness (QED) is 0.546. The maximum Gasteiger partial charge on any atom is 0.470 e. The lowest BCUT2D eigenvalue weighted by Crippen LogP contribution is -2.50. The van der Waals surface area contributed by atoms with Crippen molar-refractivity contribution in [2.45, 2.75) is 19.6 Å². The van der Waals surface area contributed by atoms with E-state index < -0.39 is 21.9 Å². The van der Waals surface area contributed by atoms with Gasteiger partial charge < -0.3 is 9.32 Å². The summed E-state index contributed by atoms with van der Waals surface area (Å²) in [6.45, 7) is 2.26. The first kappa shape index (κ1) is 23.7. The number of hydrogen-bond donors (Lipinski definition) is 0. The van der Waals surface area contributed by atoms with E-state index in [9.17, 15) is 26.4 Å². The summed E-state index contributed by atoms with van der Waals surface area (Å²) in [6, 6.07) is 13.4. The summed E-state index contributed by atoms with van der Waals surface area (Å²) < 4.78 is 66.4. The predicted molar refractivity (Wildman–Crippen MR) is 118 cm³/mol. The number of aromatic nitrogens is 2. The highest BCUT2D eigenvalue weighted by Gasteiger charge is 2.38. The van der Waals surface area contributed by atoms with Crippen molar-refractivity contribution in [3.8, 4) is 11.5 Å². The lowest BCUT2D eigenvalue weighted by Gasteiger charge is -2.33. The van der Waals surface area contributed by atoms with Crippen molar-refractivity contribution < 1.29 is 30.8 Å². The van der Waals surface area contributed by atoms with Crippen LogP contribution in [0.3, 0.4) is 0 Å². The number of carbonyl (C=O) groups is 1. The first-order valence-electron chi connectivity index (χ1n) is 10.4. The molecule has 0 aliphatic carbocycles. The average molecular weight is 494 g/mol. The van der Waals surface area contributed by atoms with Crippen molar-refractivity contribution in [3.63, 3.8) is 0 Å². The summed E-state index contributed by atoms with van der Waals surface area (Å²) in [5.74, 6) is -1.86. The van der Waals surface area contributed by atoms with Gasteiger partial charge in [-0.05, 0) is 36.2 Å². The average Bonchev–Trinajstić information content (AvgIpc) is 3.29. The van der Waals surface area contributed by atoms with Gasteiger partial charge in [-0.15, -0.1) is 10.2 Å². The van der Waals surface area contributed by atoms with E-state index in [-0.39, 0.29) is 43.1 Å². The smallest absolute Gasteiger partial charge is 0.413 e. The zero-order chi connectivity index (χ0) is 24.5. The number of nitrogens with zero attached hydrogens (tertiary/aromatic N) is 4. The van der Waals surface area contributed by atoms with Crippen LogP contribution < -0.4 is 4.90 Å². The van der Waals surface area contributed by atoms with Crippen LogP contribution in [0, 0.1) is 6.92 Å². The standard InChI is InChI=1S/C22H21F3N4O4S/c1-15-4-2-3-5-18(15)29(21(30)28-10-12-34(31,32)13-11-28)14-16-6-8-17(9-7-16)19-26-27-20(33-19)22(23,24)25/h2-9H,10-14H2,1H3. The van der Waals surface area contributed by atoms with Gasteiger partial charge in [0.05, 0.1) is 18.1 Å². The van der Waals surface area contributed by atoms with E-state index in [0.29, 0.717) is 16.8 Å². The van der Waals surface area contributed by atoms with Gasteiger partial charge in [-0.25, -0.2) is 13.2 Å². The molecule has 3 aromatic rings. The third-order valence-corrected chi connectivity index (χ3v) is 7.07. The molecule has 1 aromatic heterocycles. The highest BCUT2D eigenvalue weighted by molar-refractivity contribution is 7.91. The van der Waals surface area contributed by atoms with Gasteiger partial charge in [0.2, 0.25) is 5.89 Å². The molecule has 1 saturated heterocycles. The Bertz CT molecular complexity index is 1280. The zero-order valence-corrected chi connectivity index (χ0v) is 18.9. The number of alkyl halides is 3. The van der Waals surface area contributed by atoms with Crippen molar-refractivity contribution in [1.82, 2.24) is 15.1 Å². The number of urea groups is 1. The number of aryl methyl sites for hydroxylation is 1. The predicted octanol–water partition coefficient (Wildman–Crippen LogP) is 3.92. The van der Waals surface area contributed by atoms with Crippen LogP contribution in [0.5, 0.6) is 0 Å². The molecular formula is C22H21F3N4O4S. The van der Waals surface area contributed by atoms with Gasteiger partial charge in [0.15, 0.2) is 9.84 Å². The molecule has 0 bridgehead atoms. The zero-order valence-electron chi connectivity index (χ0n) is 18.1. The van der Waals surface area contributed by atoms with Gasteiger partial charge in [-0.1, -0.05) is 30.3 Å². The summed E-state index contributed by atoms with van der Waals surface area (Å²) >= 11 is 0. The lowest BCUT2D eigenvalue weighted by molar-refractivity contribution is -0.156. The Labute approximate surface area is 193 Å². The number of halogens is 3. The number of carbonyl (C=O) groups excluding carboxylic acids is 1. The van der Waals surface area contributed by atoms with Crippen molar-refractivity contribution >= 4 is 21.6 Å². The number of para-hydroxylation sites is 1. The van der Waals surface area contributed by atoms with Crippen molar-refractivity contribution in [1.29, 1.82) is 0 Å². The molecule has 1 fully saturated rings. The minimum atomic E-state index is -4.73. The van der Waals surface area contributed by atoms with Crippen LogP contribution in [0.15, 0.2) is 52.9 Å². The number of anilines is 1. The van der Waals surface area contributed by atoms with Crippen molar-refractivity contribution in [2.24, 2.45) is 0 Å². The molecule has 0 spiro atoms. The monoisotopic (exact) mass is 494 g/mol. The largest absolute Gasteiger partial charge is 0.470 e. The molecule has 34 heavy (non-hydrogen) atoms. The molecule has 12 heteroatoms. The highest BCUT2D eigenvalue weighted by atomic mass is 32.2. The van der Waals surface area contributed by atoms with Crippen molar-refractivity contribution in [2.75, 3.05) is 29.5 Å². The maximum atomic E-state index is 13.4. The molecule has 0 N–H and O–H groups in total. The number of rotatable bonds is 4. The van der Waals surface area contributed by atoms with Crippen LogP contribution >= 0.6 is 0 Å². The minimum Gasteiger partial charge on any atom is -0.413 e. The Kier molecular flexibility index (Phi) is 6.34. The summed E-state index contributed by atoms with van der Waals surface area (Å²) in [5, 5.41) is 6.47. The van der Waals surface area contributed by atoms with Crippen molar-refractivity contribution in [3.05, 3.63) is 65.5 Å². The van der Waals surface area contributed by atoms with Crippen LogP contribution in [0.4, 0.5) is 23.7 Å². The number of benzene rings is 2. The molecule has 1 aliphatic heterocycles. The number of hydrogen-bond acceptors (Lipinski definition) is 6. The third kappa shape index (κ3) is 5.22.